The van der Waals surface area contributed by atoms with Gasteiger partial charge < -0.3 is 14.8 Å². The molecule has 0 fully saturated rings. The van der Waals surface area contributed by atoms with Crippen LogP contribution in [0.25, 0.3) is 32.1 Å². The molecule has 2 aromatic heterocycles. The fourth-order valence-corrected chi connectivity index (χ4v) is 4.78. The molecule has 2 N–H and O–H groups in total. The van der Waals surface area contributed by atoms with Gasteiger partial charge in [-0.3, -0.25) is 9.69 Å². The molecule has 4 aromatic rings. The number of rotatable bonds is 5. The molecule has 160 valence electrons. The molecule has 0 aliphatic heterocycles. The number of aromatic nitrogens is 1. The first-order valence-electron chi connectivity index (χ1n) is 10.0. The molecule has 4 rings (SSSR count). The smallest absolute Gasteiger partial charge is 0.411 e. The number of methoxy groups -OCH3 is 1. The maximum atomic E-state index is 12.5. The number of nitrogens with one attached hydrogen (secondary N) is 1. The normalized spacial score (nSPS) is 11.4. The fraction of sp³-hybridized carbons (Fsp3) is 0.250. The van der Waals surface area contributed by atoms with Crippen molar-refractivity contribution in [3.8, 4) is 16.9 Å². The Kier molecular flexibility index (Phi) is 5.45. The molecule has 0 saturated carbocycles. The van der Waals surface area contributed by atoms with Crippen molar-refractivity contribution in [2.75, 3.05) is 18.6 Å². The largest absolute Gasteiger partial charge is 0.496 e. The third kappa shape index (κ3) is 3.65. The molecule has 1 amide bonds. The number of hydrogen-bond acceptors (Lipinski definition) is 4. The van der Waals surface area contributed by atoms with E-state index in [4.69, 9.17) is 4.74 Å². The lowest BCUT2D eigenvalue weighted by atomic mass is 9.95. The van der Waals surface area contributed by atoms with Gasteiger partial charge in [-0.25, -0.2) is 4.79 Å². The zero-order valence-electron chi connectivity index (χ0n) is 17.9. The minimum atomic E-state index is -0.975. The van der Waals surface area contributed by atoms with E-state index < -0.39 is 6.09 Å². The van der Waals surface area contributed by atoms with E-state index in [2.05, 4.69) is 4.98 Å². The van der Waals surface area contributed by atoms with Crippen molar-refractivity contribution >= 4 is 44.1 Å². The van der Waals surface area contributed by atoms with Crippen LogP contribution in [0.4, 0.5) is 10.5 Å². The highest BCUT2D eigenvalue weighted by atomic mass is 32.1. The Morgan fingerprint density at radius 3 is 2.55 bits per heavy atom. The van der Waals surface area contributed by atoms with Gasteiger partial charge in [0.05, 0.1) is 12.6 Å². The second-order valence-electron chi connectivity index (χ2n) is 7.97. The van der Waals surface area contributed by atoms with Crippen molar-refractivity contribution in [2.24, 2.45) is 5.92 Å². The number of aromatic amines is 1. The van der Waals surface area contributed by atoms with Gasteiger partial charge in [-0.05, 0) is 53.6 Å². The monoisotopic (exact) mass is 436 g/mol. The summed E-state index contributed by atoms with van der Waals surface area (Å²) >= 11 is 1.41. The standard InChI is InChI=1S/C24H24N2O4S/c1-13(2)12-26(24(28)29)16-7-5-15(6-8-16)19-18(30-4)11-14(3)21-20(19)17-9-10-31-22(17)23(27)25-21/h5-11,13H,12H2,1-4H3,(H,25,27)(H,28,29). The number of nitrogens with zero attached hydrogens (tertiary/aromatic N) is 1. The van der Waals surface area contributed by atoms with Gasteiger partial charge in [0.1, 0.15) is 10.4 Å². The number of pyridine rings is 1. The molecule has 7 heteroatoms. The Morgan fingerprint density at radius 2 is 1.94 bits per heavy atom. The summed E-state index contributed by atoms with van der Waals surface area (Å²) in [7, 11) is 1.63. The van der Waals surface area contributed by atoms with Crippen LogP contribution in [-0.4, -0.2) is 29.8 Å². The summed E-state index contributed by atoms with van der Waals surface area (Å²) in [5.41, 5.74) is 3.99. The van der Waals surface area contributed by atoms with Crippen molar-refractivity contribution in [1.82, 2.24) is 4.98 Å². The number of carboxylic acid groups (broad SMARTS) is 1. The second-order valence-corrected chi connectivity index (χ2v) is 8.89. The number of thiophene rings is 1. The molecule has 0 unspecified atom stereocenters. The molecule has 6 nitrogen and oxygen atoms in total. The number of amides is 1. The highest BCUT2D eigenvalue weighted by Gasteiger charge is 2.20. The van der Waals surface area contributed by atoms with E-state index in [1.165, 1.54) is 16.2 Å². The molecular formula is C24H24N2O4S. The molecule has 0 radical (unpaired) electrons. The van der Waals surface area contributed by atoms with Crippen molar-refractivity contribution in [3.63, 3.8) is 0 Å². The average Bonchev–Trinajstić information content (AvgIpc) is 3.23. The number of benzene rings is 2. The number of anilines is 1. The van der Waals surface area contributed by atoms with E-state index >= 15 is 0 Å². The highest BCUT2D eigenvalue weighted by molar-refractivity contribution is 7.17. The van der Waals surface area contributed by atoms with Crippen LogP contribution in [0, 0.1) is 12.8 Å². The highest BCUT2D eigenvalue weighted by Crippen LogP contribution is 2.42. The van der Waals surface area contributed by atoms with Crippen LogP contribution in [0.15, 0.2) is 46.6 Å². The van der Waals surface area contributed by atoms with Crippen LogP contribution < -0.4 is 15.2 Å². The van der Waals surface area contributed by atoms with E-state index in [0.29, 0.717) is 22.7 Å². The van der Waals surface area contributed by atoms with Crippen LogP contribution in [0.2, 0.25) is 0 Å². The first-order chi connectivity index (χ1) is 14.8. The summed E-state index contributed by atoms with van der Waals surface area (Å²) < 4.78 is 6.39. The van der Waals surface area contributed by atoms with Crippen molar-refractivity contribution in [1.29, 1.82) is 0 Å². The van der Waals surface area contributed by atoms with E-state index in [-0.39, 0.29) is 11.5 Å². The third-order valence-electron chi connectivity index (χ3n) is 5.33. The summed E-state index contributed by atoms with van der Waals surface area (Å²) in [5, 5.41) is 13.3. The number of ether oxygens (including phenoxy) is 1. The van der Waals surface area contributed by atoms with E-state index in [0.717, 1.165) is 33.0 Å². The average molecular weight is 437 g/mol. The van der Waals surface area contributed by atoms with Crippen LogP contribution >= 0.6 is 11.3 Å². The van der Waals surface area contributed by atoms with E-state index in [1.54, 1.807) is 7.11 Å². The minimum absolute atomic E-state index is 0.0992. The van der Waals surface area contributed by atoms with Crippen molar-refractivity contribution in [3.05, 3.63) is 57.7 Å². The van der Waals surface area contributed by atoms with Crippen LogP contribution in [0.1, 0.15) is 19.4 Å². The Bertz CT molecular complexity index is 1340. The number of fused-ring (bicyclic) bond motifs is 3. The molecular weight excluding hydrogens is 412 g/mol. The molecule has 0 aliphatic carbocycles. The molecule has 31 heavy (non-hydrogen) atoms. The third-order valence-corrected chi connectivity index (χ3v) is 6.25. The number of hydrogen-bond donors (Lipinski definition) is 2. The van der Waals surface area contributed by atoms with Gasteiger partial charge in [0.25, 0.3) is 5.56 Å². The molecule has 0 atom stereocenters. The Balaban J connectivity index is 1.96. The van der Waals surface area contributed by atoms with E-state index in [1.807, 2.05) is 62.5 Å². The van der Waals surface area contributed by atoms with Gasteiger partial charge in [0.15, 0.2) is 0 Å². The zero-order chi connectivity index (χ0) is 22.3. The maximum Gasteiger partial charge on any atom is 0.411 e. The minimum Gasteiger partial charge on any atom is -0.496 e. The molecule has 2 heterocycles. The topological polar surface area (TPSA) is 82.6 Å². The Morgan fingerprint density at radius 1 is 1.23 bits per heavy atom. The Hall–Kier alpha value is -3.32. The molecule has 2 aromatic carbocycles. The summed E-state index contributed by atoms with van der Waals surface area (Å²) in [6.07, 6.45) is -0.975. The van der Waals surface area contributed by atoms with Gasteiger partial charge in [-0.15, -0.1) is 11.3 Å². The number of carbonyl (C=O) groups is 1. The summed E-state index contributed by atoms with van der Waals surface area (Å²) in [6, 6.07) is 11.3. The van der Waals surface area contributed by atoms with Crippen molar-refractivity contribution < 1.29 is 14.6 Å². The van der Waals surface area contributed by atoms with Gasteiger partial charge in [0.2, 0.25) is 0 Å². The van der Waals surface area contributed by atoms with Gasteiger partial charge >= 0.3 is 6.09 Å². The number of H-pyrrole nitrogens is 1. The second kappa shape index (κ2) is 8.07. The van der Waals surface area contributed by atoms with Gasteiger partial charge in [-0.1, -0.05) is 26.0 Å². The summed E-state index contributed by atoms with van der Waals surface area (Å²) in [6.45, 7) is 6.34. The lowest BCUT2D eigenvalue weighted by Gasteiger charge is -2.22. The van der Waals surface area contributed by atoms with E-state index in [9.17, 15) is 14.7 Å². The fourth-order valence-electron chi connectivity index (χ4n) is 3.98. The lowest BCUT2D eigenvalue weighted by Crippen LogP contribution is -2.32. The zero-order valence-corrected chi connectivity index (χ0v) is 18.7. The van der Waals surface area contributed by atoms with Crippen molar-refractivity contribution in [2.45, 2.75) is 20.8 Å². The van der Waals surface area contributed by atoms with Crippen LogP contribution in [0.5, 0.6) is 5.75 Å². The molecule has 0 bridgehead atoms. The molecule has 0 spiro atoms. The quantitative estimate of drug-likeness (QED) is 0.410. The van der Waals surface area contributed by atoms with Crippen LogP contribution in [-0.2, 0) is 0 Å². The van der Waals surface area contributed by atoms with Gasteiger partial charge in [-0.2, -0.15) is 0 Å². The maximum absolute atomic E-state index is 12.5. The number of aryl methyl sites for hydroxylation is 1. The first kappa shape index (κ1) is 20.9. The molecule has 0 aliphatic rings. The van der Waals surface area contributed by atoms with Crippen LogP contribution in [0.3, 0.4) is 0 Å². The SMILES string of the molecule is COc1cc(C)c2[nH]c(=O)c3sccc3c2c1-c1ccc(N(CC(C)C)C(=O)O)cc1. The molecule has 0 saturated heterocycles. The predicted molar refractivity (Wildman–Crippen MR) is 127 cm³/mol. The lowest BCUT2D eigenvalue weighted by molar-refractivity contribution is 0.201. The van der Waals surface area contributed by atoms with Gasteiger partial charge in [0, 0.05) is 28.6 Å². The Labute approximate surface area is 183 Å². The predicted octanol–water partition coefficient (Wildman–Crippen LogP) is 5.87. The first-order valence-corrected chi connectivity index (χ1v) is 10.9. The summed E-state index contributed by atoms with van der Waals surface area (Å²) in [4.78, 5) is 28.7. The summed E-state index contributed by atoms with van der Waals surface area (Å²) in [5.74, 6) is 0.912.